The first-order valence-electron chi connectivity index (χ1n) is 6.04. The van der Waals surface area contributed by atoms with Crippen LogP contribution < -0.4 is 5.32 Å². The molecule has 6 nitrogen and oxygen atoms in total. The summed E-state index contributed by atoms with van der Waals surface area (Å²) in [5.74, 6) is -1.22. The number of nitrogens with one attached hydrogen (secondary N) is 1. The Hall–Kier alpha value is -1.14. The van der Waals surface area contributed by atoms with Crippen LogP contribution in [0.4, 0.5) is 0 Å². The first-order valence-corrected chi connectivity index (χ1v) is 6.04. The Morgan fingerprint density at radius 2 is 2.06 bits per heavy atom. The number of piperidine rings is 1. The number of nitrogens with zero attached hydrogens (tertiary/aromatic N) is 1. The summed E-state index contributed by atoms with van der Waals surface area (Å²) in [6.07, 6.45) is 2.20. The molecular weight excluding hydrogens is 224 g/mol. The number of likely N-dealkylation sites (tertiary alicyclic amines) is 1. The van der Waals surface area contributed by atoms with E-state index >= 15 is 0 Å². The number of carboxylic acids is 1. The van der Waals surface area contributed by atoms with Crippen molar-refractivity contribution in [2.75, 3.05) is 13.1 Å². The average Bonchev–Trinajstić information content (AvgIpc) is 2.72. The van der Waals surface area contributed by atoms with Crippen LogP contribution in [0.1, 0.15) is 25.7 Å². The van der Waals surface area contributed by atoms with Crippen molar-refractivity contribution in [2.45, 2.75) is 43.9 Å². The minimum absolute atomic E-state index is 0.133. The molecule has 6 heteroatoms. The van der Waals surface area contributed by atoms with Gasteiger partial charge in [-0.1, -0.05) is 6.42 Å². The predicted octanol–water partition coefficient (Wildman–Crippen LogP) is -0.825. The second-order valence-electron chi connectivity index (χ2n) is 4.74. The van der Waals surface area contributed by atoms with Crippen molar-refractivity contribution < 1.29 is 19.8 Å². The Kier molecular flexibility index (Phi) is 3.63. The highest BCUT2D eigenvalue weighted by molar-refractivity contribution is 5.87. The molecule has 3 atom stereocenters. The topological polar surface area (TPSA) is 89.9 Å². The number of rotatable bonds is 2. The highest BCUT2D eigenvalue weighted by atomic mass is 16.4. The number of β-amino-alcohol motifs (C(OH)–C–C–N with tert-alkyl or cyclic N) is 1. The van der Waals surface area contributed by atoms with Crippen LogP contribution in [0.15, 0.2) is 0 Å². The number of carbonyl (C=O) groups excluding carboxylic acids is 1. The second kappa shape index (κ2) is 5.01. The van der Waals surface area contributed by atoms with Crippen LogP contribution in [0.2, 0.25) is 0 Å². The molecule has 2 fully saturated rings. The molecule has 2 unspecified atom stereocenters. The number of carboxylic acid groups (broad SMARTS) is 1. The van der Waals surface area contributed by atoms with E-state index in [2.05, 4.69) is 5.32 Å². The van der Waals surface area contributed by atoms with Crippen molar-refractivity contribution in [2.24, 2.45) is 0 Å². The Bertz CT molecular complexity index is 315. The lowest BCUT2D eigenvalue weighted by Gasteiger charge is -2.29. The molecule has 96 valence electrons. The van der Waals surface area contributed by atoms with E-state index in [9.17, 15) is 14.7 Å². The summed E-state index contributed by atoms with van der Waals surface area (Å²) in [6.45, 7) is 0.929. The molecule has 0 aromatic carbocycles. The molecule has 1 amide bonds. The van der Waals surface area contributed by atoms with Crippen LogP contribution in [0.3, 0.4) is 0 Å². The van der Waals surface area contributed by atoms with Crippen molar-refractivity contribution in [3.8, 4) is 0 Å². The van der Waals surface area contributed by atoms with E-state index in [4.69, 9.17) is 5.11 Å². The van der Waals surface area contributed by atoms with Crippen molar-refractivity contribution in [1.29, 1.82) is 0 Å². The van der Waals surface area contributed by atoms with Crippen molar-refractivity contribution in [3.63, 3.8) is 0 Å². The second-order valence-corrected chi connectivity index (χ2v) is 4.74. The van der Waals surface area contributed by atoms with Gasteiger partial charge in [0.25, 0.3) is 0 Å². The zero-order valence-electron chi connectivity index (χ0n) is 9.63. The molecule has 0 spiro atoms. The standard InChI is InChI=1S/C11H18N2O4/c14-7-5-9(11(16)17)13(6-7)10(15)8-3-1-2-4-12-8/h7-9,12,14H,1-6H2,(H,16,17)/t7?,8?,9-/m0/s1. The molecule has 0 aliphatic carbocycles. The molecule has 0 saturated carbocycles. The zero-order chi connectivity index (χ0) is 12.4. The van der Waals surface area contributed by atoms with Crippen LogP contribution in [0.5, 0.6) is 0 Å². The van der Waals surface area contributed by atoms with Crippen molar-refractivity contribution in [3.05, 3.63) is 0 Å². The molecule has 2 aliphatic heterocycles. The number of hydrogen-bond donors (Lipinski definition) is 3. The first kappa shape index (κ1) is 12.3. The minimum Gasteiger partial charge on any atom is -0.480 e. The van der Waals surface area contributed by atoms with Crippen molar-refractivity contribution in [1.82, 2.24) is 10.2 Å². The van der Waals surface area contributed by atoms with E-state index in [1.54, 1.807) is 0 Å². The van der Waals surface area contributed by atoms with Gasteiger partial charge in [-0.25, -0.2) is 4.79 Å². The molecule has 0 aromatic rings. The third kappa shape index (κ3) is 2.58. The Morgan fingerprint density at radius 3 is 2.65 bits per heavy atom. The summed E-state index contributed by atoms with van der Waals surface area (Å²) < 4.78 is 0. The smallest absolute Gasteiger partial charge is 0.326 e. The fourth-order valence-corrected chi connectivity index (χ4v) is 2.55. The van der Waals surface area contributed by atoms with Gasteiger partial charge < -0.3 is 20.4 Å². The summed E-state index contributed by atoms with van der Waals surface area (Å²) in [5.41, 5.74) is 0. The summed E-state index contributed by atoms with van der Waals surface area (Å²) in [4.78, 5) is 24.5. The number of carbonyl (C=O) groups is 2. The van der Waals surface area contributed by atoms with Gasteiger partial charge in [0.1, 0.15) is 6.04 Å². The van der Waals surface area contributed by atoms with Gasteiger partial charge in [0.15, 0.2) is 0 Å². The lowest BCUT2D eigenvalue weighted by Crippen LogP contribution is -2.51. The number of aliphatic hydroxyl groups is 1. The number of aliphatic carboxylic acids is 1. The highest BCUT2D eigenvalue weighted by Crippen LogP contribution is 2.21. The van der Waals surface area contributed by atoms with Crippen LogP contribution >= 0.6 is 0 Å². The maximum atomic E-state index is 12.1. The van der Waals surface area contributed by atoms with E-state index in [1.807, 2.05) is 0 Å². The SMILES string of the molecule is O=C(O)[C@@H]1CC(O)CN1C(=O)C1CCCCN1. The summed E-state index contributed by atoms with van der Waals surface area (Å²) in [7, 11) is 0. The van der Waals surface area contributed by atoms with E-state index in [0.29, 0.717) is 0 Å². The molecule has 2 aliphatic rings. The molecule has 2 saturated heterocycles. The highest BCUT2D eigenvalue weighted by Gasteiger charge is 2.41. The Morgan fingerprint density at radius 1 is 1.29 bits per heavy atom. The number of aliphatic hydroxyl groups excluding tert-OH is 1. The maximum absolute atomic E-state index is 12.1. The van der Waals surface area contributed by atoms with Gasteiger partial charge in [0.2, 0.25) is 5.91 Å². The van der Waals surface area contributed by atoms with Gasteiger partial charge >= 0.3 is 5.97 Å². The Labute approximate surface area is 99.6 Å². The van der Waals surface area contributed by atoms with Crippen LogP contribution in [0.25, 0.3) is 0 Å². The molecular formula is C11H18N2O4. The predicted molar refractivity (Wildman–Crippen MR) is 59.4 cm³/mol. The summed E-state index contributed by atoms with van der Waals surface area (Å²) in [6, 6.07) is -1.16. The maximum Gasteiger partial charge on any atom is 0.326 e. The monoisotopic (exact) mass is 242 g/mol. The molecule has 2 rings (SSSR count). The van der Waals surface area contributed by atoms with Gasteiger partial charge in [-0.2, -0.15) is 0 Å². The zero-order valence-corrected chi connectivity index (χ0v) is 9.63. The van der Waals surface area contributed by atoms with Crippen LogP contribution in [-0.2, 0) is 9.59 Å². The van der Waals surface area contributed by atoms with Crippen LogP contribution in [-0.4, -0.2) is 58.3 Å². The molecule has 0 radical (unpaired) electrons. The first-order chi connectivity index (χ1) is 8.09. The molecule has 0 bridgehead atoms. The fourth-order valence-electron chi connectivity index (χ4n) is 2.55. The van der Waals surface area contributed by atoms with E-state index < -0.39 is 18.1 Å². The third-order valence-electron chi connectivity index (χ3n) is 3.46. The normalized spacial score (nSPS) is 33.7. The summed E-state index contributed by atoms with van der Waals surface area (Å²) >= 11 is 0. The third-order valence-corrected chi connectivity index (χ3v) is 3.46. The molecule has 2 heterocycles. The van der Waals surface area contributed by atoms with Crippen molar-refractivity contribution >= 4 is 11.9 Å². The molecule has 0 aromatic heterocycles. The number of amides is 1. The Balaban J connectivity index is 2.04. The van der Waals surface area contributed by atoms with E-state index in [-0.39, 0.29) is 24.9 Å². The number of hydrogen-bond acceptors (Lipinski definition) is 4. The summed E-state index contributed by atoms with van der Waals surface area (Å²) in [5, 5.41) is 21.6. The average molecular weight is 242 g/mol. The lowest BCUT2D eigenvalue weighted by atomic mass is 10.0. The molecule has 17 heavy (non-hydrogen) atoms. The van der Waals surface area contributed by atoms with Gasteiger partial charge in [0, 0.05) is 13.0 Å². The van der Waals surface area contributed by atoms with Crippen LogP contribution in [0, 0.1) is 0 Å². The molecule has 3 N–H and O–H groups in total. The van der Waals surface area contributed by atoms with E-state index in [1.165, 1.54) is 4.90 Å². The van der Waals surface area contributed by atoms with Gasteiger partial charge in [-0.3, -0.25) is 4.79 Å². The van der Waals surface area contributed by atoms with Gasteiger partial charge in [-0.05, 0) is 19.4 Å². The van der Waals surface area contributed by atoms with E-state index in [0.717, 1.165) is 25.8 Å². The largest absolute Gasteiger partial charge is 0.480 e. The minimum atomic E-state index is -1.04. The van der Waals surface area contributed by atoms with Gasteiger partial charge in [-0.15, -0.1) is 0 Å². The van der Waals surface area contributed by atoms with Gasteiger partial charge in [0.05, 0.1) is 12.1 Å². The lowest BCUT2D eigenvalue weighted by molar-refractivity contribution is -0.149. The fraction of sp³-hybridized carbons (Fsp3) is 0.818. The quantitative estimate of drug-likeness (QED) is 0.588.